The second-order valence-electron chi connectivity index (χ2n) is 7.97. The third-order valence-electron chi connectivity index (χ3n) is 5.50. The molecule has 3 aromatic carbocycles. The van der Waals surface area contributed by atoms with Crippen LogP contribution in [0.25, 0.3) is 22.3 Å². The highest BCUT2D eigenvalue weighted by Gasteiger charge is 2.19. The highest BCUT2D eigenvalue weighted by molar-refractivity contribution is 5.97. The van der Waals surface area contributed by atoms with Gasteiger partial charge in [-0.2, -0.15) is 0 Å². The van der Waals surface area contributed by atoms with Gasteiger partial charge in [0.15, 0.2) is 18.2 Å². The number of Topliss-reactive ketones (excluding diaryl/α,β-unsaturated/α-hetero) is 1. The molecule has 0 bridgehead atoms. The van der Waals surface area contributed by atoms with Gasteiger partial charge in [-0.1, -0.05) is 48.0 Å². The topological polar surface area (TPSA) is 56.5 Å². The summed E-state index contributed by atoms with van der Waals surface area (Å²) in [5.74, 6) is 0.190. The maximum atomic E-state index is 13.3. The third kappa shape index (κ3) is 4.15. The minimum atomic E-state index is -0.287. The van der Waals surface area contributed by atoms with Crippen molar-refractivity contribution in [2.24, 2.45) is 0 Å². The third-order valence-corrected chi connectivity index (χ3v) is 5.50. The van der Waals surface area contributed by atoms with Crippen LogP contribution < -0.4 is 10.2 Å². The standard InChI is InChI=1S/C27H24O4/c1-16-5-9-20(10-6-16)26-27(25(29)22-12-7-17(2)13-24(22)31-26)30-15-23(28)21-11-8-18(3)19(4)14-21/h5-14H,15H2,1-4H3. The summed E-state index contributed by atoms with van der Waals surface area (Å²) in [5.41, 5.74) is 5.72. The zero-order valence-electron chi connectivity index (χ0n) is 18.1. The molecule has 0 N–H and O–H groups in total. The van der Waals surface area contributed by atoms with Crippen LogP contribution >= 0.6 is 0 Å². The molecule has 31 heavy (non-hydrogen) atoms. The lowest BCUT2D eigenvalue weighted by Crippen LogP contribution is -2.17. The molecule has 0 spiro atoms. The van der Waals surface area contributed by atoms with Gasteiger partial charge < -0.3 is 9.15 Å². The van der Waals surface area contributed by atoms with E-state index in [1.54, 1.807) is 12.1 Å². The number of benzene rings is 3. The van der Waals surface area contributed by atoms with E-state index in [-0.39, 0.29) is 23.6 Å². The predicted octanol–water partition coefficient (Wildman–Crippen LogP) is 5.96. The zero-order valence-corrected chi connectivity index (χ0v) is 18.1. The van der Waals surface area contributed by atoms with Gasteiger partial charge in [0.2, 0.25) is 11.2 Å². The summed E-state index contributed by atoms with van der Waals surface area (Å²) < 4.78 is 11.9. The Kier molecular flexibility index (Phi) is 5.47. The second kappa shape index (κ2) is 8.23. The van der Waals surface area contributed by atoms with Gasteiger partial charge in [-0.3, -0.25) is 9.59 Å². The predicted molar refractivity (Wildman–Crippen MR) is 123 cm³/mol. The number of aryl methyl sites for hydroxylation is 4. The minimum absolute atomic E-state index is 0.0531. The fourth-order valence-electron chi connectivity index (χ4n) is 3.45. The number of hydrogen-bond donors (Lipinski definition) is 0. The second-order valence-corrected chi connectivity index (χ2v) is 7.97. The van der Waals surface area contributed by atoms with E-state index in [4.69, 9.17) is 9.15 Å². The lowest BCUT2D eigenvalue weighted by Gasteiger charge is -2.12. The van der Waals surface area contributed by atoms with Gasteiger partial charge in [-0.25, -0.2) is 0 Å². The van der Waals surface area contributed by atoms with Gasteiger partial charge in [0.05, 0.1) is 5.39 Å². The minimum Gasteiger partial charge on any atom is -0.478 e. The van der Waals surface area contributed by atoms with Crippen molar-refractivity contribution >= 4 is 16.8 Å². The smallest absolute Gasteiger partial charge is 0.235 e. The number of ketones is 1. The monoisotopic (exact) mass is 412 g/mol. The molecule has 0 aliphatic heterocycles. The molecule has 4 aromatic rings. The van der Waals surface area contributed by atoms with Gasteiger partial charge in [-0.15, -0.1) is 0 Å². The first-order valence-electron chi connectivity index (χ1n) is 10.2. The number of carbonyl (C=O) groups is 1. The van der Waals surface area contributed by atoms with Crippen molar-refractivity contribution in [3.8, 4) is 17.1 Å². The van der Waals surface area contributed by atoms with Gasteiger partial charge >= 0.3 is 0 Å². The van der Waals surface area contributed by atoms with E-state index in [0.29, 0.717) is 22.3 Å². The summed E-state index contributed by atoms with van der Waals surface area (Å²) >= 11 is 0. The molecule has 4 heteroatoms. The zero-order chi connectivity index (χ0) is 22.1. The number of rotatable bonds is 5. The first-order chi connectivity index (χ1) is 14.8. The first kappa shape index (κ1) is 20.6. The first-order valence-corrected chi connectivity index (χ1v) is 10.2. The molecule has 0 unspecified atom stereocenters. The van der Waals surface area contributed by atoms with Crippen molar-refractivity contribution in [2.75, 3.05) is 6.61 Å². The molecule has 4 nitrogen and oxygen atoms in total. The summed E-state index contributed by atoms with van der Waals surface area (Å²) in [6.07, 6.45) is 0. The molecular weight excluding hydrogens is 388 g/mol. The molecule has 0 saturated heterocycles. The lowest BCUT2D eigenvalue weighted by molar-refractivity contribution is 0.0920. The van der Waals surface area contributed by atoms with Crippen LogP contribution in [0.5, 0.6) is 5.75 Å². The Bertz CT molecular complexity index is 1340. The fraction of sp³-hybridized carbons (Fsp3) is 0.185. The number of carbonyl (C=O) groups excluding carboxylic acids is 1. The summed E-state index contributed by atoms with van der Waals surface area (Å²) in [6, 6.07) is 18.6. The summed E-state index contributed by atoms with van der Waals surface area (Å²) in [6.45, 7) is 7.64. The Balaban J connectivity index is 1.77. The van der Waals surface area contributed by atoms with E-state index < -0.39 is 0 Å². The molecule has 4 rings (SSSR count). The van der Waals surface area contributed by atoms with Crippen molar-refractivity contribution in [1.29, 1.82) is 0 Å². The molecular formula is C27H24O4. The Morgan fingerprint density at radius 3 is 2.26 bits per heavy atom. The highest BCUT2D eigenvalue weighted by atomic mass is 16.5. The van der Waals surface area contributed by atoms with Crippen LogP contribution in [0.3, 0.4) is 0 Å². The molecule has 0 fully saturated rings. The average Bonchev–Trinajstić information content (AvgIpc) is 2.75. The molecule has 0 atom stereocenters. The van der Waals surface area contributed by atoms with Crippen LogP contribution in [0.1, 0.15) is 32.6 Å². The van der Waals surface area contributed by atoms with Crippen LogP contribution in [0.4, 0.5) is 0 Å². The van der Waals surface area contributed by atoms with Gasteiger partial charge in [0.1, 0.15) is 5.58 Å². The SMILES string of the molecule is Cc1ccc(-c2oc3cc(C)ccc3c(=O)c2OCC(=O)c2ccc(C)c(C)c2)cc1. The van der Waals surface area contributed by atoms with Crippen LogP contribution in [-0.4, -0.2) is 12.4 Å². The number of ether oxygens (including phenoxy) is 1. The van der Waals surface area contributed by atoms with Crippen LogP contribution in [0.2, 0.25) is 0 Å². The van der Waals surface area contributed by atoms with Crippen molar-refractivity contribution in [2.45, 2.75) is 27.7 Å². The Labute approximate surface area is 181 Å². The molecule has 0 aliphatic rings. The largest absolute Gasteiger partial charge is 0.478 e. The van der Waals surface area contributed by atoms with Crippen molar-refractivity contribution in [3.05, 3.63) is 98.7 Å². The van der Waals surface area contributed by atoms with Crippen molar-refractivity contribution in [1.82, 2.24) is 0 Å². The Morgan fingerprint density at radius 1 is 0.839 bits per heavy atom. The van der Waals surface area contributed by atoms with E-state index in [0.717, 1.165) is 27.8 Å². The average molecular weight is 412 g/mol. The van der Waals surface area contributed by atoms with Crippen LogP contribution in [0.15, 0.2) is 69.9 Å². The Morgan fingerprint density at radius 2 is 1.55 bits per heavy atom. The van der Waals surface area contributed by atoms with Crippen LogP contribution in [0, 0.1) is 27.7 Å². The number of fused-ring (bicyclic) bond motifs is 1. The highest BCUT2D eigenvalue weighted by Crippen LogP contribution is 2.31. The molecule has 1 aromatic heterocycles. The van der Waals surface area contributed by atoms with E-state index >= 15 is 0 Å². The molecule has 1 heterocycles. The molecule has 0 aliphatic carbocycles. The molecule has 156 valence electrons. The number of hydrogen-bond acceptors (Lipinski definition) is 4. The summed E-state index contributed by atoms with van der Waals surface area (Å²) in [5, 5.41) is 0.426. The maximum absolute atomic E-state index is 13.3. The van der Waals surface area contributed by atoms with E-state index in [2.05, 4.69) is 0 Å². The van der Waals surface area contributed by atoms with Gasteiger partial charge in [0, 0.05) is 11.1 Å². The summed E-state index contributed by atoms with van der Waals surface area (Å²) in [7, 11) is 0. The van der Waals surface area contributed by atoms with Crippen molar-refractivity contribution < 1.29 is 13.9 Å². The Hall–Kier alpha value is -3.66. The van der Waals surface area contributed by atoms with Crippen LogP contribution in [-0.2, 0) is 0 Å². The van der Waals surface area contributed by atoms with Crippen molar-refractivity contribution in [3.63, 3.8) is 0 Å². The van der Waals surface area contributed by atoms with E-state index in [1.165, 1.54) is 0 Å². The maximum Gasteiger partial charge on any atom is 0.235 e. The molecule has 0 amide bonds. The van der Waals surface area contributed by atoms with E-state index in [9.17, 15) is 9.59 Å². The summed E-state index contributed by atoms with van der Waals surface area (Å²) in [4.78, 5) is 26.0. The normalized spacial score (nSPS) is 11.0. The van der Waals surface area contributed by atoms with Gasteiger partial charge in [-0.05, 0) is 62.6 Å². The van der Waals surface area contributed by atoms with Gasteiger partial charge in [0.25, 0.3) is 0 Å². The quantitative estimate of drug-likeness (QED) is 0.380. The van der Waals surface area contributed by atoms with E-state index in [1.807, 2.05) is 76.2 Å². The molecule has 0 radical (unpaired) electrons. The fourth-order valence-corrected chi connectivity index (χ4v) is 3.45. The molecule has 0 saturated carbocycles. The lowest BCUT2D eigenvalue weighted by atomic mass is 10.0.